The lowest BCUT2D eigenvalue weighted by molar-refractivity contribution is -0.136. The SMILES string of the molecule is CC(C)(C)C(NC(=O)C(CC(=O)NO)Cc1ccc2ccccc2c1)C(N)=O.CN(C)C(=O)CO. The minimum atomic E-state index is -0.878. The van der Waals surface area contributed by atoms with Crippen LogP contribution in [-0.2, 0) is 25.6 Å². The van der Waals surface area contributed by atoms with Crippen LogP contribution in [-0.4, -0.2) is 65.6 Å². The number of carbonyl (C=O) groups is 4. The highest BCUT2D eigenvalue weighted by Gasteiger charge is 2.33. The first kappa shape index (κ1) is 29.5. The zero-order chi connectivity index (χ0) is 26.8. The predicted octanol–water partition coefficient (Wildman–Crippen LogP) is 0.977. The highest BCUT2D eigenvalue weighted by atomic mass is 16.5. The van der Waals surface area contributed by atoms with E-state index in [1.54, 1.807) is 40.3 Å². The van der Waals surface area contributed by atoms with Crippen molar-refractivity contribution < 1.29 is 29.5 Å². The molecular formula is C25H36N4O6. The number of likely N-dealkylation sites (N-methyl/N-ethyl adjacent to an activating group) is 1. The Bertz CT molecular complexity index is 1030. The van der Waals surface area contributed by atoms with Crippen LogP contribution in [0.3, 0.4) is 0 Å². The molecule has 35 heavy (non-hydrogen) atoms. The zero-order valence-electron chi connectivity index (χ0n) is 20.9. The molecule has 0 aliphatic heterocycles. The van der Waals surface area contributed by atoms with E-state index in [0.29, 0.717) is 0 Å². The highest BCUT2D eigenvalue weighted by molar-refractivity contribution is 5.90. The number of nitrogens with one attached hydrogen (secondary N) is 2. The Morgan fingerprint density at radius 3 is 2.09 bits per heavy atom. The second-order valence-electron chi connectivity index (χ2n) is 9.48. The summed E-state index contributed by atoms with van der Waals surface area (Å²) >= 11 is 0. The van der Waals surface area contributed by atoms with E-state index in [9.17, 15) is 19.2 Å². The highest BCUT2D eigenvalue weighted by Crippen LogP contribution is 2.22. The molecule has 2 aromatic rings. The molecule has 0 aliphatic rings. The van der Waals surface area contributed by atoms with Crippen molar-refractivity contribution in [2.75, 3.05) is 20.7 Å². The number of aliphatic hydroxyl groups is 1. The topological polar surface area (TPSA) is 162 Å². The first-order valence-corrected chi connectivity index (χ1v) is 11.1. The Morgan fingerprint density at radius 2 is 1.63 bits per heavy atom. The minimum Gasteiger partial charge on any atom is -0.387 e. The van der Waals surface area contributed by atoms with Crippen LogP contribution in [0.15, 0.2) is 42.5 Å². The molecule has 2 atom stereocenters. The minimum absolute atomic E-state index is 0.217. The van der Waals surface area contributed by atoms with Gasteiger partial charge in [0.15, 0.2) is 0 Å². The monoisotopic (exact) mass is 488 g/mol. The average molecular weight is 489 g/mol. The summed E-state index contributed by atoms with van der Waals surface area (Å²) in [6.45, 7) is 4.98. The van der Waals surface area contributed by atoms with Gasteiger partial charge in [-0.15, -0.1) is 0 Å². The van der Waals surface area contributed by atoms with Crippen molar-refractivity contribution in [1.29, 1.82) is 0 Å². The predicted molar refractivity (Wildman–Crippen MR) is 132 cm³/mol. The zero-order valence-corrected chi connectivity index (χ0v) is 20.9. The molecule has 10 nitrogen and oxygen atoms in total. The number of aliphatic hydroxyl groups excluding tert-OH is 1. The maximum absolute atomic E-state index is 12.8. The molecule has 2 aromatic carbocycles. The number of rotatable bonds is 8. The van der Waals surface area contributed by atoms with Gasteiger partial charge in [0.2, 0.25) is 23.6 Å². The lowest BCUT2D eigenvalue weighted by Crippen LogP contribution is -2.53. The van der Waals surface area contributed by atoms with Crippen molar-refractivity contribution in [2.45, 2.75) is 39.7 Å². The van der Waals surface area contributed by atoms with Gasteiger partial charge < -0.3 is 21.1 Å². The fourth-order valence-corrected chi connectivity index (χ4v) is 3.29. The van der Waals surface area contributed by atoms with Gasteiger partial charge in [0.25, 0.3) is 0 Å². The fraction of sp³-hybridized carbons (Fsp3) is 0.440. The van der Waals surface area contributed by atoms with E-state index in [0.717, 1.165) is 16.3 Å². The van der Waals surface area contributed by atoms with Crippen LogP contribution in [0.25, 0.3) is 10.8 Å². The summed E-state index contributed by atoms with van der Waals surface area (Å²) in [5.74, 6) is -2.81. The molecule has 4 amide bonds. The third kappa shape index (κ3) is 9.71. The summed E-state index contributed by atoms with van der Waals surface area (Å²) in [5, 5.41) is 21.7. The molecule has 0 radical (unpaired) electrons. The lowest BCUT2D eigenvalue weighted by atomic mass is 9.85. The molecule has 0 saturated carbocycles. The molecule has 0 saturated heterocycles. The van der Waals surface area contributed by atoms with E-state index in [2.05, 4.69) is 5.32 Å². The van der Waals surface area contributed by atoms with E-state index in [4.69, 9.17) is 16.0 Å². The van der Waals surface area contributed by atoms with Gasteiger partial charge in [0.1, 0.15) is 12.6 Å². The van der Waals surface area contributed by atoms with Crippen LogP contribution in [0.4, 0.5) is 0 Å². The van der Waals surface area contributed by atoms with Gasteiger partial charge in [-0.2, -0.15) is 0 Å². The Morgan fingerprint density at radius 1 is 1.03 bits per heavy atom. The number of primary amides is 1. The first-order valence-electron chi connectivity index (χ1n) is 11.1. The summed E-state index contributed by atoms with van der Waals surface area (Å²) in [6, 6.07) is 12.8. The van der Waals surface area contributed by atoms with E-state index in [-0.39, 0.29) is 18.7 Å². The average Bonchev–Trinajstić information content (AvgIpc) is 2.80. The van der Waals surface area contributed by atoms with Crippen molar-refractivity contribution >= 4 is 34.4 Å². The van der Waals surface area contributed by atoms with Crippen LogP contribution in [0.5, 0.6) is 0 Å². The molecule has 6 N–H and O–H groups in total. The molecule has 0 bridgehead atoms. The molecule has 0 heterocycles. The summed E-state index contributed by atoms with van der Waals surface area (Å²) in [6.07, 6.45) is 0.0600. The molecule has 0 fully saturated rings. The summed E-state index contributed by atoms with van der Waals surface area (Å²) in [5.41, 5.74) is 7.30. The fourth-order valence-electron chi connectivity index (χ4n) is 3.29. The van der Waals surface area contributed by atoms with E-state index in [1.807, 2.05) is 42.5 Å². The largest absolute Gasteiger partial charge is 0.387 e. The van der Waals surface area contributed by atoms with Gasteiger partial charge in [0.05, 0.1) is 5.92 Å². The van der Waals surface area contributed by atoms with Crippen molar-refractivity contribution in [3.63, 3.8) is 0 Å². The van der Waals surface area contributed by atoms with Gasteiger partial charge in [-0.05, 0) is 28.2 Å². The molecule has 0 aromatic heterocycles. The van der Waals surface area contributed by atoms with E-state index < -0.39 is 41.7 Å². The molecule has 192 valence electrons. The van der Waals surface area contributed by atoms with Crippen molar-refractivity contribution in [2.24, 2.45) is 17.1 Å². The maximum atomic E-state index is 12.8. The van der Waals surface area contributed by atoms with Gasteiger partial charge in [-0.3, -0.25) is 24.4 Å². The van der Waals surface area contributed by atoms with E-state index >= 15 is 0 Å². The third-order valence-electron chi connectivity index (χ3n) is 5.29. The third-order valence-corrected chi connectivity index (χ3v) is 5.29. The quantitative estimate of drug-likeness (QED) is 0.275. The van der Waals surface area contributed by atoms with Crippen LogP contribution in [0.1, 0.15) is 32.8 Å². The second-order valence-corrected chi connectivity index (χ2v) is 9.48. The molecule has 0 spiro atoms. The normalized spacial score (nSPS) is 12.5. The lowest BCUT2D eigenvalue weighted by Gasteiger charge is -2.30. The number of amides is 4. The number of hydrogen-bond acceptors (Lipinski definition) is 6. The smallest absolute Gasteiger partial charge is 0.247 e. The molecule has 2 unspecified atom stereocenters. The van der Waals surface area contributed by atoms with Crippen molar-refractivity contribution in [3.05, 3.63) is 48.0 Å². The first-order chi connectivity index (χ1) is 16.3. The second kappa shape index (κ2) is 13.4. The summed E-state index contributed by atoms with van der Waals surface area (Å²) in [4.78, 5) is 47.9. The summed E-state index contributed by atoms with van der Waals surface area (Å²) < 4.78 is 0. The Hall–Kier alpha value is -3.50. The molecule has 10 heteroatoms. The van der Waals surface area contributed by atoms with Crippen LogP contribution >= 0.6 is 0 Å². The van der Waals surface area contributed by atoms with Crippen molar-refractivity contribution in [1.82, 2.24) is 15.7 Å². The maximum Gasteiger partial charge on any atom is 0.247 e. The van der Waals surface area contributed by atoms with Gasteiger partial charge in [-0.25, -0.2) is 5.48 Å². The van der Waals surface area contributed by atoms with Crippen LogP contribution < -0.4 is 16.5 Å². The molecular weight excluding hydrogens is 452 g/mol. The number of carbonyl (C=O) groups excluding carboxylic acids is 4. The van der Waals surface area contributed by atoms with Crippen LogP contribution in [0, 0.1) is 11.3 Å². The Labute approximate surface area is 205 Å². The van der Waals surface area contributed by atoms with E-state index in [1.165, 1.54) is 4.90 Å². The van der Waals surface area contributed by atoms with Crippen LogP contribution in [0.2, 0.25) is 0 Å². The number of fused-ring (bicyclic) bond motifs is 1. The number of benzene rings is 2. The van der Waals surface area contributed by atoms with Gasteiger partial charge in [0, 0.05) is 20.5 Å². The molecule has 2 rings (SSSR count). The number of nitrogens with two attached hydrogens (primary N) is 1. The van der Waals surface area contributed by atoms with Crippen molar-refractivity contribution in [3.8, 4) is 0 Å². The summed E-state index contributed by atoms with van der Waals surface area (Å²) in [7, 11) is 3.19. The molecule has 0 aliphatic carbocycles. The van der Waals surface area contributed by atoms with Gasteiger partial charge in [-0.1, -0.05) is 63.2 Å². The number of hydroxylamine groups is 1. The number of hydrogen-bond donors (Lipinski definition) is 5. The van der Waals surface area contributed by atoms with Gasteiger partial charge >= 0.3 is 0 Å². The number of nitrogens with zero attached hydrogens (tertiary/aromatic N) is 1. The Kier molecular flexibility index (Phi) is 11.3. The Balaban J connectivity index is 0.000000762. The standard InChI is InChI=1S/C21H27N3O4.C4H9NO2/c1-21(2,3)18(19(22)26)23-20(27)16(12-17(25)24-28)11-13-8-9-14-6-4-5-7-15(14)10-13;1-5(2)4(7)3-6/h4-10,16,18,28H,11-12H2,1-3H3,(H2,22,26)(H,23,27)(H,24,25);6H,3H2,1-2H3.